The van der Waals surface area contributed by atoms with Crippen LogP contribution in [0.1, 0.15) is 0 Å². The molecule has 0 fully saturated rings. The number of ether oxygens (including phenoxy) is 1. The predicted octanol–water partition coefficient (Wildman–Crippen LogP) is 2.45. The van der Waals surface area contributed by atoms with Crippen molar-refractivity contribution in [3.05, 3.63) is 42.5 Å². The minimum Gasteiger partial charge on any atom is -0.497 e. The van der Waals surface area contributed by atoms with Crippen LogP contribution < -0.4 is 15.4 Å². The van der Waals surface area contributed by atoms with Crippen molar-refractivity contribution in [2.24, 2.45) is 16.1 Å². The van der Waals surface area contributed by atoms with Crippen LogP contribution in [0, 0.1) is 0 Å². The first kappa shape index (κ1) is 16.9. The second-order valence-electron chi connectivity index (χ2n) is 5.05. The molecule has 0 atom stereocenters. The Labute approximate surface area is 143 Å². The smallest absolute Gasteiger partial charge is 0.253 e. The van der Waals surface area contributed by atoms with E-state index in [0.29, 0.717) is 22.3 Å². The normalized spacial score (nSPS) is 12.1. The molecule has 0 aliphatic heterocycles. The van der Waals surface area contributed by atoms with E-state index in [0.717, 1.165) is 0 Å². The summed E-state index contributed by atoms with van der Waals surface area (Å²) in [5.41, 5.74) is 1.35. The number of aromatic nitrogens is 1. The number of sulfonamides is 1. The van der Waals surface area contributed by atoms with Crippen molar-refractivity contribution in [1.82, 2.24) is 9.82 Å². The van der Waals surface area contributed by atoms with Gasteiger partial charge in [-0.15, -0.1) is 5.11 Å². The highest BCUT2D eigenvalue weighted by molar-refractivity contribution is 7.89. The van der Waals surface area contributed by atoms with Crippen LogP contribution in [0.5, 0.6) is 11.6 Å². The zero-order chi connectivity index (χ0) is 18.0. The van der Waals surface area contributed by atoms with Gasteiger partial charge in [-0.3, -0.25) is 5.84 Å². The molecule has 9 nitrogen and oxygen atoms in total. The van der Waals surface area contributed by atoms with Crippen LogP contribution in [-0.4, -0.2) is 25.6 Å². The number of azo groups is 1. The van der Waals surface area contributed by atoms with Crippen molar-refractivity contribution in [3.63, 3.8) is 0 Å². The number of H-pyrrole nitrogens is 1. The number of methoxy groups -OCH3 is 1. The number of hydrogen-bond acceptors (Lipinski definition) is 7. The summed E-state index contributed by atoms with van der Waals surface area (Å²) in [6.07, 6.45) is 0. The van der Waals surface area contributed by atoms with Crippen molar-refractivity contribution >= 4 is 32.3 Å². The van der Waals surface area contributed by atoms with Gasteiger partial charge in [0.15, 0.2) is 5.69 Å². The van der Waals surface area contributed by atoms with Gasteiger partial charge < -0.3 is 14.8 Å². The molecule has 1 aromatic heterocycles. The maximum Gasteiger partial charge on any atom is 0.253 e. The molecule has 0 saturated carbocycles. The van der Waals surface area contributed by atoms with Crippen molar-refractivity contribution in [3.8, 4) is 11.6 Å². The molecule has 0 aliphatic carbocycles. The Morgan fingerprint density at radius 1 is 1.16 bits per heavy atom. The second kappa shape index (κ2) is 6.51. The zero-order valence-electron chi connectivity index (χ0n) is 13.1. The SMILES string of the molecule is COc1ccc2[nH]c(O)c(N=Nc3ccc(S(=O)(=O)NN)cc3)c2c1. The molecule has 0 spiro atoms. The van der Waals surface area contributed by atoms with Crippen LogP contribution in [-0.2, 0) is 10.0 Å². The molecule has 3 aromatic rings. The Morgan fingerprint density at radius 3 is 2.52 bits per heavy atom. The number of nitrogens with one attached hydrogen (secondary N) is 2. The van der Waals surface area contributed by atoms with Crippen LogP contribution in [0.4, 0.5) is 11.4 Å². The molecule has 0 radical (unpaired) electrons. The fourth-order valence-corrected chi connectivity index (χ4v) is 2.87. The monoisotopic (exact) mass is 361 g/mol. The molecule has 5 N–H and O–H groups in total. The van der Waals surface area contributed by atoms with Crippen molar-refractivity contribution in [1.29, 1.82) is 0 Å². The summed E-state index contributed by atoms with van der Waals surface area (Å²) in [7, 11) is -2.18. The van der Waals surface area contributed by atoms with Crippen LogP contribution in [0.25, 0.3) is 10.9 Å². The van der Waals surface area contributed by atoms with E-state index in [4.69, 9.17) is 10.6 Å². The molecule has 0 saturated heterocycles. The number of hydrogen-bond donors (Lipinski definition) is 4. The number of nitrogens with two attached hydrogens (primary N) is 1. The molecular weight excluding hydrogens is 346 g/mol. The first-order valence-electron chi connectivity index (χ1n) is 7.07. The van der Waals surface area contributed by atoms with Gasteiger partial charge >= 0.3 is 0 Å². The Balaban J connectivity index is 1.94. The third kappa shape index (κ3) is 3.31. The average Bonchev–Trinajstić information content (AvgIpc) is 2.94. The van der Waals surface area contributed by atoms with Gasteiger partial charge in [-0.2, -0.15) is 9.95 Å². The highest BCUT2D eigenvalue weighted by atomic mass is 32.2. The molecule has 1 heterocycles. The quantitative estimate of drug-likeness (QED) is 0.314. The molecule has 0 bridgehead atoms. The number of aromatic hydroxyl groups is 1. The van der Waals surface area contributed by atoms with Gasteiger partial charge in [0.25, 0.3) is 10.0 Å². The fraction of sp³-hybridized carbons (Fsp3) is 0.0667. The Morgan fingerprint density at radius 2 is 1.88 bits per heavy atom. The molecule has 3 rings (SSSR count). The summed E-state index contributed by atoms with van der Waals surface area (Å²) in [6.45, 7) is 0. The van der Waals surface area contributed by atoms with E-state index < -0.39 is 10.0 Å². The minimum atomic E-state index is -3.72. The highest BCUT2D eigenvalue weighted by Crippen LogP contribution is 2.38. The molecule has 10 heteroatoms. The average molecular weight is 361 g/mol. The molecule has 0 aliphatic rings. The van der Waals surface area contributed by atoms with Crippen LogP contribution >= 0.6 is 0 Å². The summed E-state index contributed by atoms with van der Waals surface area (Å²) in [6, 6.07) is 10.9. The number of nitrogens with zero attached hydrogens (tertiary/aromatic N) is 2. The lowest BCUT2D eigenvalue weighted by Crippen LogP contribution is -2.30. The standard InChI is InChI=1S/C15H15N5O4S/c1-24-10-4-7-13-12(8-10)14(15(21)17-13)19-18-9-2-5-11(6-3-9)25(22,23)20-16/h2-8,17,20-21H,16H2,1H3. The van der Waals surface area contributed by atoms with E-state index in [1.807, 2.05) is 0 Å². The first-order chi connectivity index (χ1) is 11.9. The minimum absolute atomic E-state index is 0.00799. The van der Waals surface area contributed by atoms with Gasteiger partial charge in [0.2, 0.25) is 5.88 Å². The summed E-state index contributed by atoms with van der Waals surface area (Å²) in [5, 5.41) is 18.7. The lowest BCUT2D eigenvalue weighted by molar-refractivity contribution is 0.415. The molecular formula is C15H15N5O4S. The number of fused-ring (bicyclic) bond motifs is 1. The fourth-order valence-electron chi connectivity index (χ4n) is 2.24. The number of rotatable bonds is 5. The van der Waals surface area contributed by atoms with E-state index >= 15 is 0 Å². The summed E-state index contributed by atoms with van der Waals surface area (Å²) < 4.78 is 28.3. The molecule has 130 valence electrons. The largest absolute Gasteiger partial charge is 0.497 e. The maximum atomic E-state index is 11.6. The zero-order valence-corrected chi connectivity index (χ0v) is 13.9. The molecule has 25 heavy (non-hydrogen) atoms. The lowest BCUT2D eigenvalue weighted by atomic mass is 10.2. The van der Waals surface area contributed by atoms with Crippen LogP contribution in [0.3, 0.4) is 0 Å². The Bertz CT molecular complexity index is 1040. The molecule has 0 amide bonds. The Kier molecular flexibility index (Phi) is 4.40. The van der Waals surface area contributed by atoms with Crippen molar-refractivity contribution in [2.45, 2.75) is 4.90 Å². The topological polar surface area (TPSA) is 142 Å². The van der Waals surface area contributed by atoms with Crippen molar-refractivity contribution in [2.75, 3.05) is 7.11 Å². The van der Waals surface area contributed by atoms with Gasteiger partial charge in [0.05, 0.1) is 23.2 Å². The van der Waals surface area contributed by atoms with Gasteiger partial charge in [0.1, 0.15) is 5.75 Å². The Hall–Kier alpha value is -2.95. The maximum absolute atomic E-state index is 11.6. The van der Waals surface area contributed by atoms with E-state index in [2.05, 4.69) is 15.2 Å². The number of aromatic amines is 1. The van der Waals surface area contributed by atoms with E-state index in [-0.39, 0.29) is 16.5 Å². The van der Waals surface area contributed by atoms with E-state index in [9.17, 15) is 13.5 Å². The summed E-state index contributed by atoms with van der Waals surface area (Å²) >= 11 is 0. The summed E-state index contributed by atoms with van der Waals surface area (Å²) in [4.78, 5) is 4.54. The van der Waals surface area contributed by atoms with Crippen molar-refractivity contribution < 1.29 is 18.3 Å². The van der Waals surface area contributed by atoms with E-state index in [1.54, 1.807) is 30.1 Å². The van der Waals surface area contributed by atoms with E-state index in [1.165, 1.54) is 24.3 Å². The molecule has 0 unspecified atom stereocenters. The third-order valence-corrected chi connectivity index (χ3v) is 4.73. The molecule has 2 aromatic carbocycles. The van der Waals surface area contributed by atoms with Crippen LogP contribution in [0.15, 0.2) is 57.6 Å². The van der Waals surface area contributed by atoms with Gasteiger partial charge in [-0.05, 0) is 42.5 Å². The van der Waals surface area contributed by atoms with Crippen LogP contribution in [0.2, 0.25) is 0 Å². The van der Waals surface area contributed by atoms with Gasteiger partial charge in [0, 0.05) is 5.39 Å². The highest BCUT2D eigenvalue weighted by Gasteiger charge is 2.12. The third-order valence-electron chi connectivity index (χ3n) is 3.53. The number of hydrazine groups is 1. The van der Waals surface area contributed by atoms with Gasteiger partial charge in [-0.25, -0.2) is 8.42 Å². The first-order valence-corrected chi connectivity index (χ1v) is 8.56. The lowest BCUT2D eigenvalue weighted by Gasteiger charge is -2.01. The summed E-state index contributed by atoms with van der Waals surface area (Å²) in [5.74, 6) is 5.46. The van der Waals surface area contributed by atoms with Gasteiger partial charge in [-0.1, -0.05) is 0 Å². The predicted molar refractivity (Wildman–Crippen MR) is 91.6 cm³/mol. The number of benzene rings is 2. The second-order valence-corrected chi connectivity index (χ2v) is 6.76.